The Balaban J connectivity index is 1.81. The van der Waals surface area contributed by atoms with Gasteiger partial charge in [-0.1, -0.05) is 66.0 Å². The second-order valence-corrected chi connectivity index (χ2v) is 10.6. The minimum atomic E-state index is -3.63. The summed E-state index contributed by atoms with van der Waals surface area (Å²) in [5.41, 5.74) is 3.55. The Morgan fingerprint density at radius 3 is 2.06 bits per heavy atom. The smallest absolute Gasteiger partial charge is 0.251 e. The molecule has 5 nitrogen and oxygen atoms in total. The molecule has 1 atom stereocenters. The summed E-state index contributed by atoms with van der Waals surface area (Å²) in [6, 6.07) is 19.4. The number of aryl methyl sites for hydroxylation is 1. The molecule has 33 heavy (non-hydrogen) atoms. The van der Waals surface area contributed by atoms with Crippen molar-refractivity contribution >= 4 is 44.8 Å². The van der Waals surface area contributed by atoms with E-state index in [1.165, 1.54) is 4.31 Å². The maximum Gasteiger partial charge on any atom is 0.251 e. The Hall–Kier alpha value is -2.54. The molecule has 0 radical (unpaired) electrons. The number of hydrogen-bond acceptors (Lipinski definition) is 3. The molecular weight excluding hydrogens is 479 g/mol. The number of amides is 1. The van der Waals surface area contributed by atoms with Crippen molar-refractivity contribution in [2.75, 3.05) is 10.6 Å². The minimum absolute atomic E-state index is 0.0196. The van der Waals surface area contributed by atoms with Crippen LogP contribution in [0.3, 0.4) is 0 Å². The number of rotatable bonds is 8. The van der Waals surface area contributed by atoms with Crippen molar-refractivity contribution < 1.29 is 13.2 Å². The van der Waals surface area contributed by atoms with Crippen molar-refractivity contribution in [3.63, 3.8) is 0 Å². The molecule has 0 aromatic heterocycles. The Kier molecular flexibility index (Phi) is 8.05. The van der Waals surface area contributed by atoms with Crippen LogP contribution in [0.15, 0.2) is 66.7 Å². The normalized spacial score (nSPS) is 12.3. The molecule has 3 rings (SSSR count). The average molecular weight is 505 g/mol. The Morgan fingerprint density at radius 1 is 0.970 bits per heavy atom. The van der Waals surface area contributed by atoms with Crippen molar-refractivity contribution in [1.82, 2.24) is 5.32 Å². The molecule has 0 saturated heterocycles. The van der Waals surface area contributed by atoms with E-state index in [9.17, 15) is 13.2 Å². The van der Waals surface area contributed by atoms with E-state index in [0.29, 0.717) is 26.9 Å². The number of nitrogens with one attached hydrogen (secondary N) is 1. The minimum Gasteiger partial charge on any atom is -0.345 e. The van der Waals surface area contributed by atoms with Gasteiger partial charge in [-0.15, -0.1) is 0 Å². The predicted molar refractivity (Wildman–Crippen MR) is 136 cm³/mol. The fourth-order valence-corrected chi connectivity index (χ4v) is 4.85. The van der Waals surface area contributed by atoms with Gasteiger partial charge in [-0.2, -0.15) is 0 Å². The van der Waals surface area contributed by atoms with E-state index >= 15 is 0 Å². The topological polar surface area (TPSA) is 66.5 Å². The zero-order valence-electron chi connectivity index (χ0n) is 18.7. The molecule has 3 aromatic rings. The van der Waals surface area contributed by atoms with E-state index in [0.717, 1.165) is 23.8 Å². The average Bonchev–Trinajstić information content (AvgIpc) is 2.77. The van der Waals surface area contributed by atoms with E-state index < -0.39 is 10.0 Å². The van der Waals surface area contributed by atoms with Crippen LogP contribution in [0.1, 0.15) is 46.4 Å². The number of sulfonamides is 1. The SMILES string of the molecule is CC[C@H](NC(=O)c1ccc(N(Cc2c(Cl)cccc2Cl)S(C)(=O)=O)cc1)c1ccc(C)cc1. The monoisotopic (exact) mass is 504 g/mol. The van der Waals surface area contributed by atoms with Gasteiger partial charge >= 0.3 is 0 Å². The third-order valence-corrected chi connectivity index (χ3v) is 7.22. The number of carbonyl (C=O) groups excluding carboxylic acids is 1. The van der Waals surface area contributed by atoms with E-state index in [1.54, 1.807) is 42.5 Å². The summed E-state index contributed by atoms with van der Waals surface area (Å²) in [7, 11) is -3.63. The fourth-order valence-electron chi connectivity index (χ4n) is 3.47. The Bertz CT molecular complexity index is 1210. The molecule has 8 heteroatoms. The van der Waals surface area contributed by atoms with Gasteiger partial charge in [-0.25, -0.2) is 8.42 Å². The Labute approximate surface area is 205 Å². The summed E-state index contributed by atoms with van der Waals surface area (Å²) < 4.78 is 26.2. The number of hydrogen-bond donors (Lipinski definition) is 1. The lowest BCUT2D eigenvalue weighted by Gasteiger charge is -2.24. The van der Waals surface area contributed by atoms with E-state index in [-0.39, 0.29) is 18.5 Å². The van der Waals surface area contributed by atoms with Gasteiger partial charge in [-0.05, 0) is 55.3 Å². The molecule has 0 spiro atoms. The molecule has 0 fully saturated rings. The van der Waals surface area contributed by atoms with Crippen LogP contribution in [0, 0.1) is 6.92 Å². The van der Waals surface area contributed by atoms with Crippen LogP contribution in [0.5, 0.6) is 0 Å². The van der Waals surface area contributed by atoms with Gasteiger partial charge in [0, 0.05) is 21.2 Å². The highest BCUT2D eigenvalue weighted by Gasteiger charge is 2.21. The maximum atomic E-state index is 12.8. The van der Waals surface area contributed by atoms with Crippen LogP contribution in [-0.2, 0) is 16.6 Å². The molecule has 0 bridgehead atoms. The fraction of sp³-hybridized carbons (Fsp3) is 0.240. The highest BCUT2D eigenvalue weighted by molar-refractivity contribution is 7.92. The van der Waals surface area contributed by atoms with Gasteiger partial charge in [0.15, 0.2) is 0 Å². The number of halogens is 2. The molecule has 0 aliphatic heterocycles. The molecule has 1 N–H and O–H groups in total. The van der Waals surface area contributed by atoms with Crippen molar-refractivity contribution in [2.45, 2.75) is 32.9 Å². The van der Waals surface area contributed by atoms with E-state index in [4.69, 9.17) is 23.2 Å². The van der Waals surface area contributed by atoms with Crippen molar-refractivity contribution in [3.05, 3.63) is 99.0 Å². The van der Waals surface area contributed by atoms with Crippen LogP contribution in [0.4, 0.5) is 5.69 Å². The molecule has 0 saturated carbocycles. The first-order valence-corrected chi connectivity index (χ1v) is 13.1. The third kappa shape index (κ3) is 6.28. The number of anilines is 1. The predicted octanol–water partition coefficient (Wildman–Crippen LogP) is 6.15. The lowest BCUT2D eigenvalue weighted by molar-refractivity contribution is 0.0935. The van der Waals surface area contributed by atoms with Crippen LogP contribution in [0.2, 0.25) is 10.0 Å². The van der Waals surface area contributed by atoms with Crippen molar-refractivity contribution in [3.8, 4) is 0 Å². The zero-order chi connectivity index (χ0) is 24.2. The summed E-state index contributed by atoms with van der Waals surface area (Å²) in [4.78, 5) is 12.8. The van der Waals surface area contributed by atoms with Crippen LogP contribution >= 0.6 is 23.2 Å². The lowest BCUT2D eigenvalue weighted by Crippen LogP contribution is -2.30. The molecule has 174 valence electrons. The molecule has 3 aromatic carbocycles. The first kappa shape index (κ1) is 25.1. The van der Waals surface area contributed by atoms with Gasteiger partial charge in [-0.3, -0.25) is 9.10 Å². The third-order valence-electron chi connectivity index (χ3n) is 5.37. The molecule has 0 aliphatic carbocycles. The first-order chi connectivity index (χ1) is 15.6. The van der Waals surface area contributed by atoms with Crippen molar-refractivity contribution in [2.24, 2.45) is 0 Å². The summed E-state index contributed by atoms with van der Waals surface area (Å²) in [6.45, 7) is 4.01. The molecule has 0 heterocycles. The van der Waals surface area contributed by atoms with Crippen LogP contribution in [-0.4, -0.2) is 20.6 Å². The molecular formula is C25H26Cl2N2O3S. The largest absolute Gasteiger partial charge is 0.345 e. The van der Waals surface area contributed by atoms with Crippen LogP contribution < -0.4 is 9.62 Å². The summed E-state index contributed by atoms with van der Waals surface area (Å²) >= 11 is 12.5. The van der Waals surface area contributed by atoms with Gasteiger partial charge in [0.05, 0.1) is 24.5 Å². The lowest BCUT2D eigenvalue weighted by atomic mass is 10.0. The van der Waals surface area contributed by atoms with Crippen LogP contribution in [0.25, 0.3) is 0 Å². The Morgan fingerprint density at radius 2 is 1.55 bits per heavy atom. The standard InChI is InChI=1S/C25H26Cl2N2O3S/c1-4-24(18-10-8-17(2)9-11-18)28-25(30)19-12-14-20(15-13-19)29(33(3,31)32)16-21-22(26)6-5-7-23(21)27/h5-15,24H,4,16H2,1-3H3,(H,28,30)/t24-/m0/s1. The number of benzene rings is 3. The first-order valence-electron chi connectivity index (χ1n) is 10.5. The quantitative estimate of drug-likeness (QED) is 0.400. The molecule has 0 aliphatic rings. The molecule has 1 amide bonds. The summed E-state index contributed by atoms with van der Waals surface area (Å²) in [6.07, 6.45) is 1.86. The second-order valence-electron chi connectivity index (χ2n) is 7.86. The highest BCUT2D eigenvalue weighted by atomic mass is 35.5. The summed E-state index contributed by atoms with van der Waals surface area (Å²) in [5, 5.41) is 3.81. The zero-order valence-corrected chi connectivity index (χ0v) is 21.0. The second kappa shape index (κ2) is 10.6. The van der Waals surface area contributed by atoms with E-state index in [2.05, 4.69) is 5.32 Å². The maximum absolute atomic E-state index is 12.8. The van der Waals surface area contributed by atoms with E-state index in [1.807, 2.05) is 38.1 Å². The summed E-state index contributed by atoms with van der Waals surface area (Å²) in [5.74, 6) is -0.228. The highest BCUT2D eigenvalue weighted by Crippen LogP contribution is 2.29. The van der Waals surface area contributed by atoms with Gasteiger partial charge < -0.3 is 5.32 Å². The molecule has 0 unspecified atom stereocenters. The number of nitrogens with zero attached hydrogens (tertiary/aromatic N) is 1. The number of carbonyl (C=O) groups is 1. The van der Waals surface area contributed by atoms with Gasteiger partial charge in [0.25, 0.3) is 5.91 Å². The van der Waals surface area contributed by atoms with Crippen molar-refractivity contribution in [1.29, 1.82) is 0 Å². The van der Waals surface area contributed by atoms with Gasteiger partial charge in [0.1, 0.15) is 0 Å². The van der Waals surface area contributed by atoms with Gasteiger partial charge in [0.2, 0.25) is 10.0 Å².